The highest BCUT2D eigenvalue weighted by Crippen LogP contribution is 2.17. The summed E-state index contributed by atoms with van der Waals surface area (Å²) in [4.78, 5) is 2.35. The van der Waals surface area contributed by atoms with Crippen molar-refractivity contribution in [2.75, 3.05) is 26.7 Å². The van der Waals surface area contributed by atoms with Gasteiger partial charge in [0.05, 0.1) is 12.2 Å². The van der Waals surface area contributed by atoms with Crippen LogP contribution in [-0.4, -0.2) is 49.8 Å². The second-order valence-electron chi connectivity index (χ2n) is 4.92. The van der Waals surface area contributed by atoms with E-state index in [1.807, 2.05) is 0 Å². The van der Waals surface area contributed by atoms with E-state index in [-0.39, 0.29) is 0 Å². The van der Waals surface area contributed by atoms with E-state index in [2.05, 4.69) is 38.0 Å². The molecule has 1 aliphatic heterocycles. The Labute approximate surface area is 94.2 Å². The van der Waals surface area contributed by atoms with Crippen molar-refractivity contribution >= 4 is 0 Å². The Morgan fingerprint density at radius 3 is 2.67 bits per heavy atom. The van der Waals surface area contributed by atoms with E-state index in [0.717, 1.165) is 19.6 Å². The average Bonchev–Trinajstić information content (AvgIpc) is 2.58. The summed E-state index contributed by atoms with van der Waals surface area (Å²) in [5, 5.41) is 3.47. The molecule has 1 saturated heterocycles. The molecule has 1 N–H and O–H groups in total. The van der Waals surface area contributed by atoms with Gasteiger partial charge in [0.15, 0.2) is 0 Å². The third kappa shape index (κ3) is 4.96. The maximum atomic E-state index is 5.74. The van der Waals surface area contributed by atoms with Crippen molar-refractivity contribution in [1.82, 2.24) is 10.2 Å². The van der Waals surface area contributed by atoms with Crippen molar-refractivity contribution in [2.45, 2.75) is 51.9 Å². The van der Waals surface area contributed by atoms with Gasteiger partial charge in [-0.05, 0) is 40.7 Å². The molecule has 15 heavy (non-hydrogen) atoms. The first-order valence-corrected chi connectivity index (χ1v) is 6.16. The maximum Gasteiger partial charge on any atom is 0.0704 e. The Bertz CT molecular complexity index is 173. The number of likely N-dealkylation sites (N-methyl/N-ethyl adjacent to an activating group) is 1. The molecule has 0 aromatic heterocycles. The van der Waals surface area contributed by atoms with Gasteiger partial charge in [-0.2, -0.15) is 0 Å². The largest absolute Gasteiger partial charge is 0.374 e. The molecule has 0 aromatic rings. The van der Waals surface area contributed by atoms with Gasteiger partial charge in [-0.15, -0.1) is 0 Å². The molecule has 3 nitrogen and oxygen atoms in total. The van der Waals surface area contributed by atoms with Crippen LogP contribution in [0.1, 0.15) is 33.6 Å². The smallest absolute Gasteiger partial charge is 0.0704 e. The first kappa shape index (κ1) is 12.9. The molecule has 90 valence electrons. The minimum absolute atomic E-state index is 0.448. The lowest BCUT2D eigenvalue weighted by molar-refractivity contribution is 0.0557. The summed E-state index contributed by atoms with van der Waals surface area (Å²) in [5.41, 5.74) is 0. The van der Waals surface area contributed by atoms with Crippen molar-refractivity contribution < 1.29 is 4.74 Å². The summed E-state index contributed by atoms with van der Waals surface area (Å²) in [7, 11) is 2.17. The second-order valence-corrected chi connectivity index (χ2v) is 4.92. The number of ether oxygens (including phenoxy) is 1. The molecule has 1 fully saturated rings. The number of nitrogens with zero attached hydrogens (tertiary/aromatic N) is 1. The molecular formula is C12H26N2O. The monoisotopic (exact) mass is 214 g/mol. The normalized spacial score (nSPS) is 26.8. The van der Waals surface area contributed by atoms with Crippen LogP contribution in [0.15, 0.2) is 0 Å². The van der Waals surface area contributed by atoms with Crippen LogP contribution >= 0.6 is 0 Å². The summed E-state index contributed by atoms with van der Waals surface area (Å²) >= 11 is 0. The van der Waals surface area contributed by atoms with Crippen molar-refractivity contribution in [1.29, 1.82) is 0 Å². The summed E-state index contributed by atoms with van der Waals surface area (Å²) in [6.07, 6.45) is 3.35. The van der Waals surface area contributed by atoms with Gasteiger partial charge in [0, 0.05) is 25.7 Å². The van der Waals surface area contributed by atoms with Gasteiger partial charge in [0.25, 0.3) is 0 Å². The minimum Gasteiger partial charge on any atom is -0.374 e. The lowest BCUT2D eigenvalue weighted by atomic mass is 10.2. The van der Waals surface area contributed by atoms with Crippen LogP contribution in [0.4, 0.5) is 0 Å². The molecule has 3 heteroatoms. The zero-order valence-corrected chi connectivity index (χ0v) is 10.6. The molecule has 1 rings (SSSR count). The first-order valence-electron chi connectivity index (χ1n) is 6.16. The van der Waals surface area contributed by atoms with E-state index < -0.39 is 0 Å². The highest BCUT2D eigenvalue weighted by Gasteiger charge is 2.20. The SMILES string of the molecule is CC1CCC(CNCCN(C)C(C)C)O1. The maximum absolute atomic E-state index is 5.74. The Balaban J connectivity index is 1.97. The highest BCUT2D eigenvalue weighted by molar-refractivity contribution is 4.72. The lowest BCUT2D eigenvalue weighted by Gasteiger charge is -2.21. The predicted molar refractivity (Wildman–Crippen MR) is 64.2 cm³/mol. The molecule has 0 aromatic carbocycles. The summed E-state index contributed by atoms with van der Waals surface area (Å²) in [6, 6.07) is 0.634. The van der Waals surface area contributed by atoms with Gasteiger partial charge in [0.2, 0.25) is 0 Å². The van der Waals surface area contributed by atoms with Crippen LogP contribution in [0, 0.1) is 0 Å². The zero-order valence-electron chi connectivity index (χ0n) is 10.6. The van der Waals surface area contributed by atoms with E-state index in [0.29, 0.717) is 18.2 Å². The van der Waals surface area contributed by atoms with E-state index >= 15 is 0 Å². The molecule has 0 spiro atoms. The fourth-order valence-corrected chi connectivity index (χ4v) is 1.81. The van der Waals surface area contributed by atoms with Gasteiger partial charge >= 0.3 is 0 Å². The Morgan fingerprint density at radius 2 is 2.13 bits per heavy atom. The lowest BCUT2D eigenvalue weighted by Crippen LogP contribution is -2.36. The Kier molecular flexibility index (Phi) is 5.58. The molecule has 0 saturated carbocycles. The number of nitrogens with one attached hydrogen (secondary N) is 1. The summed E-state index contributed by atoms with van der Waals surface area (Å²) in [5.74, 6) is 0. The second kappa shape index (κ2) is 6.46. The number of hydrogen-bond donors (Lipinski definition) is 1. The molecule has 2 atom stereocenters. The molecule has 0 amide bonds. The van der Waals surface area contributed by atoms with Gasteiger partial charge in [-0.3, -0.25) is 0 Å². The average molecular weight is 214 g/mol. The molecule has 2 unspecified atom stereocenters. The fourth-order valence-electron chi connectivity index (χ4n) is 1.81. The molecular weight excluding hydrogens is 188 g/mol. The third-order valence-electron chi connectivity index (χ3n) is 3.21. The van der Waals surface area contributed by atoms with Crippen molar-refractivity contribution in [3.8, 4) is 0 Å². The van der Waals surface area contributed by atoms with Crippen molar-refractivity contribution in [3.63, 3.8) is 0 Å². The molecule has 0 bridgehead atoms. The minimum atomic E-state index is 0.448. The summed E-state index contributed by atoms with van der Waals surface area (Å²) < 4.78 is 5.74. The van der Waals surface area contributed by atoms with Crippen molar-refractivity contribution in [3.05, 3.63) is 0 Å². The Morgan fingerprint density at radius 1 is 1.40 bits per heavy atom. The van der Waals surface area contributed by atoms with E-state index in [1.54, 1.807) is 0 Å². The van der Waals surface area contributed by atoms with Crippen LogP contribution in [0.5, 0.6) is 0 Å². The number of hydrogen-bond acceptors (Lipinski definition) is 3. The van der Waals surface area contributed by atoms with Gasteiger partial charge in [-0.25, -0.2) is 0 Å². The molecule has 0 aliphatic carbocycles. The molecule has 1 aliphatic rings. The summed E-state index contributed by atoms with van der Waals surface area (Å²) in [6.45, 7) is 9.79. The van der Waals surface area contributed by atoms with Crippen LogP contribution in [0.2, 0.25) is 0 Å². The van der Waals surface area contributed by atoms with Crippen molar-refractivity contribution in [2.24, 2.45) is 0 Å². The van der Waals surface area contributed by atoms with Crippen LogP contribution in [-0.2, 0) is 4.74 Å². The molecule has 1 heterocycles. The zero-order chi connectivity index (χ0) is 11.3. The Hall–Kier alpha value is -0.120. The highest BCUT2D eigenvalue weighted by atomic mass is 16.5. The van der Waals surface area contributed by atoms with Gasteiger partial charge in [0.1, 0.15) is 0 Å². The quantitative estimate of drug-likeness (QED) is 0.678. The fraction of sp³-hybridized carbons (Fsp3) is 1.00. The van der Waals surface area contributed by atoms with E-state index in [9.17, 15) is 0 Å². The van der Waals surface area contributed by atoms with Crippen LogP contribution in [0.3, 0.4) is 0 Å². The van der Waals surface area contributed by atoms with E-state index in [4.69, 9.17) is 4.74 Å². The number of rotatable bonds is 6. The first-order chi connectivity index (χ1) is 7.09. The van der Waals surface area contributed by atoms with Gasteiger partial charge < -0.3 is 15.0 Å². The van der Waals surface area contributed by atoms with E-state index in [1.165, 1.54) is 12.8 Å². The van der Waals surface area contributed by atoms with Crippen LogP contribution in [0.25, 0.3) is 0 Å². The topological polar surface area (TPSA) is 24.5 Å². The predicted octanol–water partition coefficient (Wildman–Crippen LogP) is 1.48. The van der Waals surface area contributed by atoms with Crippen LogP contribution < -0.4 is 5.32 Å². The standard InChI is InChI=1S/C12H26N2O/c1-10(2)14(4)8-7-13-9-12-6-5-11(3)15-12/h10-13H,5-9H2,1-4H3. The van der Waals surface area contributed by atoms with Gasteiger partial charge in [-0.1, -0.05) is 0 Å². The molecule has 0 radical (unpaired) electrons. The third-order valence-corrected chi connectivity index (χ3v) is 3.21.